The first kappa shape index (κ1) is 14.2. The van der Waals surface area contributed by atoms with Gasteiger partial charge in [-0.3, -0.25) is 9.67 Å². The van der Waals surface area contributed by atoms with Crippen molar-refractivity contribution in [1.82, 2.24) is 25.0 Å². The van der Waals surface area contributed by atoms with Crippen LogP contribution >= 0.6 is 0 Å². The summed E-state index contributed by atoms with van der Waals surface area (Å²) in [4.78, 5) is 4.26. The molecule has 3 aromatic heterocycles. The van der Waals surface area contributed by atoms with Gasteiger partial charge in [0.15, 0.2) is 11.9 Å². The van der Waals surface area contributed by atoms with E-state index in [1.807, 2.05) is 7.05 Å². The average Bonchev–Trinajstić information content (AvgIpc) is 3.15. The summed E-state index contributed by atoms with van der Waals surface area (Å²) < 4.78 is 25.5. The number of pyridine rings is 1. The molecule has 0 bridgehead atoms. The molecule has 0 saturated carbocycles. The van der Waals surface area contributed by atoms with E-state index in [2.05, 4.69) is 20.3 Å². The van der Waals surface area contributed by atoms with Crippen LogP contribution in [0, 0.1) is 0 Å². The van der Waals surface area contributed by atoms with Gasteiger partial charge in [0.25, 0.3) is 5.89 Å². The number of halogens is 1. The van der Waals surface area contributed by atoms with Gasteiger partial charge in [0.05, 0.1) is 23.7 Å². The van der Waals surface area contributed by atoms with E-state index in [0.717, 1.165) is 5.69 Å². The lowest BCUT2D eigenvalue weighted by atomic mass is 10.2. The highest BCUT2D eigenvalue weighted by Gasteiger charge is 2.14. The van der Waals surface area contributed by atoms with Gasteiger partial charge in [-0.1, -0.05) is 0 Å². The summed E-state index contributed by atoms with van der Waals surface area (Å²) in [5.41, 5.74) is 1.37. The molecule has 7 nitrogen and oxygen atoms in total. The van der Waals surface area contributed by atoms with Gasteiger partial charge in [-0.25, -0.2) is 4.39 Å². The molecule has 0 aromatic carbocycles. The summed E-state index contributed by atoms with van der Waals surface area (Å²) in [6, 6.07) is 3.56. The molecule has 3 rings (SSSR count). The van der Waals surface area contributed by atoms with Crippen LogP contribution < -0.4 is 4.74 Å². The molecule has 0 spiro atoms. The Balaban J connectivity index is 1.66. The van der Waals surface area contributed by atoms with Crippen molar-refractivity contribution in [2.24, 2.45) is 7.05 Å². The highest BCUT2D eigenvalue weighted by atomic mass is 19.1. The van der Waals surface area contributed by atoms with Crippen molar-refractivity contribution in [3.05, 3.63) is 42.3 Å². The molecular weight excluding hydrogens is 289 g/mol. The third-order valence-electron chi connectivity index (χ3n) is 2.92. The summed E-state index contributed by atoms with van der Waals surface area (Å²) in [5.74, 6) is 0.873. The molecule has 0 saturated heterocycles. The Labute approximate surface area is 125 Å². The molecule has 114 valence electrons. The average molecular weight is 303 g/mol. The first-order valence-corrected chi connectivity index (χ1v) is 6.66. The zero-order valence-electron chi connectivity index (χ0n) is 12.1. The largest absolute Gasteiger partial charge is 0.484 e. The molecule has 3 heterocycles. The van der Waals surface area contributed by atoms with Crippen molar-refractivity contribution in [2.45, 2.75) is 19.7 Å². The maximum Gasteiger partial charge on any atom is 0.250 e. The van der Waals surface area contributed by atoms with Crippen LogP contribution in [0.25, 0.3) is 11.5 Å². The van der Waals surface area contributed by atoms with Crippen LogP contribution in [0.4, 0.5) is 4.39 Å². The second-order valence-electron chi connectivity index (χ2n) is 4.74. The Hall–Kier alpha value is -2.77. The Bertz CT molecular complexity index is 751. The zero-order chi connectivity index (χ0) is 15.5. The Kier molecular flexibility index (Phi) is 3.82. The van der Waals surface area contributed by atoms with Crippen molar-refractivity contribution in [2.75, 3.05) is 0 Å². The molecule has 0 radical (unpaired) electrons. The quantitative estimate of drug-likeness (QED) is 0.720. The van der Waals surface area contributed by atoms with Crippen LogP contribution in [-0.2, 0) is 13.7 Å². The predicted molar refractivity (Wildman–Crippen MR) is 74.6 cm³/mol. The second kappa shape index (κ2) is 5.92. The van der Waals surface area contributed by atoms with Gasteiger partial charge in [-0.15, -0.1) is 10.2 Å². The standard InChI is InChI=1S/C14H14FN5O2/c1-9(15)13-18-19-14(22-13)10-3-4-11(16-5-10)8-21-12-6-17-20(2)7-12/h3-7,9H,8H2,1-2H3. The van der Waals surface area contributed by atoms with E-state index in [9.17, 15) is 4.39 Å². The van der Waals surface area contributed by atoms with Gasteiger partial charge in [0.1, 0.15) is 6.61 Å². The Morgan fingerprint density at radius 3 is 2.77 bits per heavy atom. The normalized spacial score (nSPS) is 12.3. The minimum absolute atomic E-state index is 0.0426. The smallest absolute Gasteiger partial charge is 0.250 e. The van der Waals surface area contributed by atoms with E-state index in [-0.39, 0.29) is 11.8 Å². The van der Waals surface area contributed by atoms with Crippen LogP contribution in [0.15, 0.2) is 35.1 Å². The van der Waals surface area contributed by atoms with Crippen LogP contribution in [0.2, 0.25) is 0 Å². The van der Waals surface area contributed by atoms with Crippen molar-refractivity contribution in [3.63, 3.8) is 0 Å². The Morgan fingerprint density at radius 1 is 1.32 bits per heavy atom. The molecule has 0 amide bonds. The molecule has 22 heavy (non-hydrogen) atoms. The van der Waals surface area contributed by atoms with E-state index >= 15 is 0 Å². The van der Waals surface area contributed by atoms with Crippen LogP contribution in [0.1, 0.15) is 24.7 Å². The number of rotatable bonds is 5. The summed E-state index contributed by atoms with van der Waals surface area (Å²) in [6.45, 7) is 1.66. The lowest BCUT2D eigenvalue weighted by Gasteiger charge is -2.03. The van der Waals surface area contributed by atoms with Crippen LogP contribution in [0.5, 0.6) is 5.75 Å². The minimum atomic E-state index is -1.29. The molecule has 0 N–H and O–H groups in total. The van der Waals surface area contributed by atoms with E-state index < -0.39 is 6.17 Å². The number of nitrogens with zero attached hydrogens (tertiary/aromatic N) is 5. The number of hydrogen-bond donors (Lipinski definition) is 0. The highest BCUT2D eigenvalue weighted by molar-refractivity contribution is 5.50. The predicted octanol–water partition coefficient (Wildman–Crippen LogP) is 2.47. The number of ether oxygens (including phenoxy) is 1. The maximum atomic E-state index is 13.1. The SMILES string of the molecule is CC(F)c1nnc(-c2ccc(COc3cnn(C)c3)nc2)o1. The van der Waals surface area contributed by atoms with Gasteiger partial charge < -0.3 is 9.15 Å². The molecule has 1 unspecified atom stereocenters. The molecule has 0 aliphatic carbocycles. The van der Waals surface area contributed by atoms with Gasteiger partial charge in [-0.2, -0.15) is 5.10 Å². The fraction of sp³-hybridized carbons (Fsp3) is 0.286. The van der Waals surface area contributed by atoms with Crippen molar-refractivity contribution < 1.29 is 13.5 Å². The second-order valence-corrected chi connectivity index (χ2v) is 4.74. The van der Waals surface area contributed by atoms with Crippen molar-refractivity contribution in [1.29, 1.82) is 0 Å². The Morgan fingerprint density at radius 2 is 2.18 bits per heavy atom. The molecular formula is C14H14FN5O2. The first-order chi connectivity index (χ1) is 10.6. The number of aromatic nitrogens is 5. The fourth-order valence-corrected chi connectivity index (χ4v) is 1.78. The highest BCUT2D eigenvalue weighted by Crippen LogP contribution is 2.21. The maximum absolute atomic E-state index is 13.1. The lowest BCUT2D eigenvalue weighted by molar-refractivity contribution is 0.300. The van der Waals surface area contributed by atoms with Gasteiger partial charge in [0, 0.05) is 13.2 Å². The van der Waals surface area contributed by atoms with E-state index in [4.69, 9.17) is 9.15 Å². The zero-order valence-corrected chi connectivity index (χ0v) is 12.1. The molecule has 0 aliphatic rings. The topological polar surface area (TPSA) is 78.9 Å². The lowest BCUT2D eigenvalue weighted by Crippen LogP contribution is -1.97. The monoisotopic (exact) mass is 303 g/mol. The fourth-order valence-electron chi connectivity index (χ4n) is 1.78. The van der Waals surface area contributed by atoms with Gasteiger partial charge >= 0.3 is 0 Å². The van der Waals surface area contributed by atoms with Crippen LogP contribution in [0.3, 0.4) is 0 Å². The van der Waals surface area contributed by atoms with Crippen LogP contribution in [-0.4, -0.2) is 25.0 Å². The van der Waals surface area contributed by atoms with E-state index in [1.54, 1.807) is 35.4 Å². The number of hydrogen-bond acceptors (Lipinski definition) is 6. The summed E-state index contributed by atoms with van der Waals surface area (Å²) in [7, 11) is 1.82. The van der Waals surface area contributed by atoms with Gasteiger partial charge in [-0.05, 0) is 19.1 Å². The molecule has 0 fully saturated rings. The number of aryl methyl sites for hydroxylation is 1. The molecule has 1 atom stereocenters. The summed E-state index contributed by atoms with van der Waals surface area (Å²) in [5, 5.41) is 11.4. The summed E-state index contributed by atoms with van der Waals surface area (Å²) >= 11 is 0. The minimum Gasteiger partial charge on any atom is -0.484 e. The van der Waals surface area contributed by atoms with Crippen molar-refractivity contribution in [3.8, 4) is 17.2 Å². The molecule has 8 heteroatoms. The molecule has 0 aliphatic heterocycles. The third kappa shape index (κ3) is 3.11. The summed E-state index contributed by atoms with van der Waals surface area (Å²) in [6.07, 6.45) is 3.70. The third-order valence-corrected chi connectivity index (χ3v) is 2.92. The van der Waals surface area contributed by atoms with Gasteiger partial charge in [0.2, 0.25) is 5.89 Å². The van der Waals surface area contributed by atoms with E-state index in [0.29, 0.717) is 17.9 Å². The first-order valence-electron chi connectivity index (χ1n) is 6.66. The van der Waals surface area contributed by atoms with E-state index in [1.165, 1.54) is 6.92 Å². The number of alkyl halides is 1. The molecule has 3 aromatic rings. The van der Waals surface area contributed by atoms with Crippen molar-refractivity contribution >= 4 is 0 Å².